The number of aliphatic carboxylic acids is 1. The summed E-state index contributed by atoms with van der Waals surface area (Å²) in [5.41, 5.74) is 0.628. The molecular weight excluding hydrogens is 232 g/mol. The Labute approximate surface area is 106 Å². The molecule has 98 valence electrons. The Kier molecular flexibility index (Phi) is 5.17. The molecule has 0 radical (unpaired) electrons. The minimum absolute atomic E-state index is 0.197. The molecule has 5 heteroatoms. The van der Waals surface area contributed by atoms with Gasteiger partial charge in [-0.2, -0.15) is 0 Å². The van der Waals surface area contributed by atoms with Gasteiger partial charge in [-0.05, 0) is 24.5 Å². The van der Waals surface area contributed by atoms with Gasteiger partial charge in [0.1, 0.15) is 6.04 Å². The van der Waals surface area contributed by atoms with Gasteiger partial charge in [0.05, 0.1) is 0 Å². The van der Waals surface area contributed by atoms with Gasteiger partial charge in [-0.3, -0.25) is 0 Å². The highest BCUT2D eigenvalue weighted by Gasteiger charge is 2.20. The molecule has 1 rings (SSSR count). The lowest BCUT2D eigenvalue weighted by molar-refractivity contribution is -0.139. The summed E-state index contributed by atoms with van der Waals surface area (Å²) < 4.78 is 0. The van der Waals surface area contributed by atoms with Gasteiger partial charge in [-0.25, -0.2) is 9.59 Å². The van der Waals surface area contributed by atoms with Crippen LogP contribution >= 0.6 is 0 Å². The van der Waals surface area contributed by atoms with E-state index in [0.717, 1.165) is 0 Å². The number of rotatable bonds is 5. The van der Waals surface area contributed by atoms with Gasteiger partial charge < -0.3 is 15.7 Å². The highest BCUT2D eigenvalue weighted by atomic mass is 16.4. The summed E-state index contributed by atoms with van der Waals surface area (Å²) in [6, 6.07) is 7.51. The summed E-state index contributed by atoms with van der Waals surface area (Å²) in [4.78, 5) is 22.6. The van der Waals surface area contributed by atoms with E-state index in [9.17, 15) is 9.59 Å². The van der Waals surface area contributed by atoms with E-state index in [1.807, 2.05) is 19.9 Å². The SMILES string of the molecule is CC(C)C[C@H](NC(=O)Nc1ccccc1)C(=O)O. The minimum atomic E-state index is -1.02. The summed E-state index contributed by atoms with van der Waals surface area (Å²) in [5, 5.41) is 14.0. The van der Waals surface area contributed by atoms with Crippen molar-refractivity contribution < 1.29 is 14.7 Å². The first kappa shape index (κ1) is 14.0. The maximum atomic E-state index is 11.6. The molecule has 1 aromatic carbocycles. The van der Waals surface area contributed by atoms with Crippen LogP contribution in [0.1, 0.15) is 20.3 Å². The van der Waals surface area contributed by atoms with Crippen molar-refractivity contribution >= 4 is 17.7 Å². The fraction of sp³-hybridized carbons (Fsp3) is 0.385. The maximum Gasteiger partial charge on any atom is 0.326 e. The topological polar surface area (TPSA) is 78.4 Å². The van der Waals surface area contributed by atoms with Crippen LogP contribution in [0.5, 0.6) is 0 Å². The Morgan fingerprint density at radius 3 is 2.33 bits per heavy atom. The number of carboxylic acid groups (broad SMARTS) is 1. The second-order valence-electron chi connectivity index (χ2n) is 4.48. The molecule has 0 aliphatic heterocycles. The summed E-state index contributed by atoms with van der Waals surface area (Å²) in [6.45, 7) is 3.82. The van der Waals surface area contributed by atoms with Crippen LogP contribution < -0.4 is 10.6 Å². The molecule has 0 fully saturated rings. The van der Waals surface area contributed by atoms with Gasteiger partial charge in [-0.15, -0.1) is 0 Å². The number of anilines is 1. The molecule has 5 nitrogen and oxygen atoms in total. The van der Waals surface area contributed by atoms with Crippen molar-refractivity contribution in [1.82, 2.24) is 5.32 Å². The first-order valence-corrected chi connectivity index (χ1v) is 5.84. The molecule has 2 amide bonds. The summed E-state index contributed by atoms with van der Waals surface area (Å²) in [7, 11) is 0. The number of carboxylic acids is 1. The van der Waals surface area contributed by atoms with E-state index in [-0.39, 0.29) is 5.92 Å². The molecule has 0 aliphatic rings. The van der Waals surface area contributed by atoms with Crippen molar-refractivity contribution in [2.45, 2.75) is 26.3 Å². The number of hydrogen-bond donors (Lipinski definition) is 3. The van der Waals surface area contributed by atoms with E-state index < -0.39 is 18.0 Å². The normalized spacial score (nSPS) is 11.9. The second-order valence-corrected chi connectivity index (χ2v) is 4.48. The van der Waals surface area contributed by atoms with Crippen LogP contribution in [0.4, 0.5) is 10.5 Å². The lowest BCUT2D eigenvalue weighted by atomic mass is 10.0. The van der Waals surface area contributed by atoms with Crippen LogP contribution in [0.25, 0.3) is 0 Å². The lowest BCUT2D eigenvalue weighted by Crippen LogP contribution is -2.43. The number of carbonyl (C=O) groups excluding carboxylic acids is 1. The quantitative estimate of drug-likeness (QED) is 0.750. The molecule has 18 heavy (non-hydrogen) atoms. The van der Waals surface area contributed by atoms with Gasteiger partial charge in [0, 0.05) is 5.69 Å². The Balaban J connectivity index is 2.54. The number of hydrogen-bond acceptors (Lipinski definition) is 2. The molecular formula is C13H18N2O3. The third kappa shape index (κ3) is 4.86. The molecule has 0 heterocycles. The molecule has 0 unspecified atom stereocenters. The van der Waals surface area contributed by atoms with Crippen LogP contribution in [0, 0.1) is 5.92 Å². The minimum Gasteiger partial charge on any atom is -0.480 e. The summed E-state index contributed by atoms with van der Waals surface area (Å²) in [5.74, 6) is -0.824. The van der Waals surface area contributed by atoms with E-state index in [2.05, 4.69) is 10.6 Å². The first-order chi connectivity index (χ1) is 8.49. The third-order valence-electron chi connectivity index (χ3n) is 2.34. The Hall–Kier alpha value is -2.04. The second kappa shape index (κ2) is 6.64. The maximum absolute atomic E-state index is 11.6. The lowest BCUT2D eigenvalue weighted by Gasteiger charge is -2.16. The molecule has 0 bridgehead atoms. The van der Waals surface area contributed by atoms with Crippen LogP contribution in [-0.2, 0) is 4.79 Å². The smallest absolute Gasteiger partial charge is 0.326 e. The zero-order chi connectivity index (χ0) is 13.5. The Morgan fingerprint density at radius 2 is 1.83 bits per heavy atom. The fourth-order valence-electron chi connectivity index (χ4n) is 1.54. The highest BCUT2D eigenvalue weighted by Crippen LogP contribution is 2.07. The van der Waals surface area contributed by atoms with Gasteiger partial charge in [0.15, 0.2) is 0 Å². The first-order valence-electron chi connectivity index (χ1n) is 5.84. The van der Waals surface area contributed by atoms with E-state index in [4.69, 9.17) is 5.11 Å². The van der Waals surface area contributed by atoms with Crippen molar-refractivity contribution in [3.8, 4) is 0 Å². The van der Waals surface area contributed by atoms with Crippen molar-refractivity contribution in [2.75, 3.05) is 5.32 Å². The standard InChI is InChI=1S/C13H18N2O3/c1-9(2)8-11(12(16)17)15-13(18)14-10-6-4-3-5-7-10/h3-7,9,11H,8H2,1-2H3,(H,16,17)(H2,14,15,18)/t11-/m0/s1. The Morgan fingerprint density at radius 1 is 1.22 bits per heavy atom. The van der Waals surface area contributed by atoms with Gasteiger partial charge >= 0.3 is 12.0 Å². The molecule has 0 saturated heterocycles. The number of nitrogens with one attached hydrogen (secondary N) is 2. The summed E-state index contributed by atoms with van der Waals surface area (Å²) in [6.07, 6.45) is 0.400. The van der Waals surface area contributed by atoms with Gasteiger partial charge in [-0.1, -0.05) is 32.0 Å². The van der Waals surface area contributed by atoms with E-state index in [1.54, 1.807) is 24.3 Å². The van der Waals surface area contributed by atoms with Crippen molar-refractivity contribution in [3.05, 3.63) is 30.3 Å². The number of urea groups is 1. The van der Waals surface area contributed by atoms with Crippen LogP contribution in [0.3, 0.4) is 0 Å². The van der Waals surface area contributed by atoms with Crippen LogP contribution in [0.2, 0.25) is 0 Å². The van der Waals surface area contributed by atoms with E-state index in [1.165, 1.54) is 0 Å². The molecule has 0 aliphatic carbocycles. The fourth-order valence-corrected chi connectivity index (χ4v) is 1.54. The predicted molar refractivity (Wildman–Crippen MR) is 69.5 cm³/mol. The number of carbonyl (C=O) groups is 2. The number of amides is 2. The van der Waals surface area contributed by atoms with E-state index in [0.29, 0.717) is 12.1 Å². The monoisotopic (exact) mass is 250 g/mol. The largest absolute Gasteiger partial charge is 0.480 e. The van der Waals surface area contributed by atoms with Gasteiger partial charge in [0.2, 0.25) is 0 Å². The third-order valence-corrected chi connectivity index (χ3v) is 2.34. The number of para-hydroxylation sites is 1. The predicted octanol–water partition coefficient (Wildman–Crippen LogP) is 2.31. The number of benzene rings is 1. The molecule has 0 aromatic heterocycles. The van der Waals surface area contributed by atoms with Crippen molar-refractivity contribution in [2.24, 2.45) is 5.92 Å². The van der Waals surface area contributed by atoms with Crippen molar-refractivity contribution in [1.29, 1.82) is 0 Å². The average Bonchev–Trinajstić information content (AvgIpc) is 2.28. The molecule has 0 spiro atoms. The molecule has 1 aromatic rings. The summed E-state index contributed by atoms with van der Waals surface area (Å²) >= 11 is 0. The van der Waals surface area contributed by atoms with E-state index >= 15 is 0 Å². The highest BCUT2D eigenvalue weighted by molar-refractivity contribution is 5.92. The molecule has 0 saturated carbocycles. The average molecular weight is 250 g/mol. The van der Waals surface area contributed by atoms with Crippen molar-refractivity contribution in [3.63, 3.8) is 0 Å². The Bertz CT molecular complexity index is 404. The molecule has 1 atom stereocenters. The molecule has 3 N–H and O–H groups in total. The van der Waals surface area contributed by atoms with Crippen LogP contribution in [-0.4, -0.2) is 23.1 Å². The van der Waals surface area contributed by atoms with Crippen LogP contribution in [0.15, 0.2) is 30.3 Å². The zero-order valence-corrected chi connectivity index (χ0v) is 10.5. The zero-order valence-electron chi connectivity index (χ0n) is 10.5. The van der Waals surface area contributed by atoms with Gasteiger partial charge in [0.25, 0.3) is 0 Å².